The average molecular weight is 518 g/mol. The first-order valence-electron chi connectivity index (χ1n) is 13.4. The number of fused-ring (bicyclic) bond motifs is 2. The van der Waals surface area contributed by atoms with Crippen molar-refractivity contribution < 1.29 is 4.74 Å². The normalized spacial score (nSPS) is 13.2. The highest BCUT2D eigenvalue weighted by atomic mass is 16.5. The number of nitrogens with zero attached hydrogens (tertiary/aromatic N) is 3. The van der Waals surface area contributed by atoms with Crippen molar-refractivity contribution in [3.05, 3.63) is 139 Å². The van der Waals surface area contributed by atoms with E-state index in [-0.39, 0.29) is 5.41 Å². The number of hydrogen-bond donors (Lipinski definition) is 0. The summed E-state index contributed by atoms with van der Waals surface area (Å²) >= 11 is 0. The van der Waals surface area contributed by atoms with Crippen LogP contribution in [0.25, 0.3) is 45.2 Å². The lowest BCUT2D eigenvalue weighted by Gasteiger charge is -2.34. The molecule has 0 radical (unpaired) electrons. The van der Waals surface area contributed by atoms with E-state index in [0.29, 0.717) is 5.82 Å². The topological polar surface area (TPSA) is 47.9 Å². The molecule has 4 aromatic carbocycles. The molecule has 0 saturated carbocycles. The monoisotopic (exact) mass is 517 g/mol. The van der Waals surface area contributed by atoms with Gasteiger partial charge in [-0.05, 0) is 47.5 Å². The predicted molar refractivity (Wildman–Crippen MR) is 160 cm³/mol. The van der Waals surface area contributed by atoms with Gasteiger partial charge >= 0.3 is 0 Å². The third-order valence-electron chi connectivity index (χ3n) is 7.63. The standard InChI is InChI=1S/C36H27N3O/c1-36(2)28-12-6-7-14-33(28)40-34-20-19-27(22-29(34)36)24-15-17-26(18-16-24)35-38-31(25-10-4-3-5-11-25)23-32(39-35)30-13-8-9-21-37-30/h3-23H,1-2H3. The van der Waals surface area contributed by atoms with E-state index in [1.54, 1.807) is 6.20 Å². The molecule has 0 fully saturated rings. The van der Waals surface area contributed by atoms with Crippen LogP contribution in [-0.2, 0) is 5.41 Å². The maximum Gasteiger partial charge on any atom is 0.160 e. The molecule has 0 atom stereocenters. The molecule has 1 aliphatic rings. The second-order valence-corrected chi connectivity index (χ2v) is 10.6. The summed E-state index contributed by atoms with van der Waals surface area (Å²) in [5, 5.41) is 0. The van der Waals surface area contributed by atoms with Crippen LogP contribution in [0.3, 0.4) is 0 Å². The summed E-state index contributed by atoms with van der Waals surface area (Å²) in [6, 6.07) is 41.3. The molecule has 4 heteroatoms. The molecule has 4 nitrogen and oxygen atoms in total. The van der Waals surface area contributed by atoms with E-state index in [1.807, 2.05) is 54.6 Å². The van der Waals surface area contributed by atoms with Gasteiger partial charge in [-0.2, -0.15) is 0 Å². The zero-order chi connectivity index (χ0) is 27.1. The molecule has 6 aromatic rings. The van der Waals surface area contributed by atoms with Crippen molar-refractivity contribution in [1.82, 2.24) is 15.0 Å². The van der Waals surface area contributed by atoms with E-state index in [2.05, 4.69) is 85.6 Å². The molecule has 3 heterocycles. The molecular weight excluding hydrogens is 490 g/mol. The molecule has 0 N–H and O–H groups in total. The summed E-state index contributed by atoms with van der Waals surface area (Å²) in [5.74, 6) is 2.52. The second kappa shape index (κ2) is 9.58. The number of aromatic nitrogens is 3. The fraction of sp³-hybridized carbons (Fsp3) is 0.0833. The Kier molecular flexibility index (Phi) is 5.75. The Morgan fingerprint density at radius 2 is 1.18 bits per heavy atom. The van der Waals surface area contributed by atoms with E-state index in [1.165, 1.54) is 11.1 Å². The predicted octanol–water partition coefficient (Wildman–Crippen LogP) is 8.97. The average Bonchev–Trinajstić information content (AvgIpc) is 3.02. The minimum absolute atomic E-state index is 0.159. The third kappa shape index (κ3) is 4.24. The highest BCUT2D eigenvalue weighted by molar-refractivity contribution is 5.74. The second-order valence-electron chi connectivity index (χ2n) is 10.6. The Bertz CT molecular complexity index is 1770. The molecule has 2 aromatic heterocycles. The van der Waals surface area contributed by atoms with Crippen molar-refractivity contribution in [1.29, 1.82) is 0 Å². The number of para-hydroxylation sites is 1. The van der Waals surface area contributed by atoms with Gasteiger partial charge in [-0.15, -0.1) is 0 Å². The first-order valence-corrected chi connectivity index (χ1v) is 13.4. The summed E-state index contributed by atoms with van der Waals surface area (Å²) in [6.07, 6.45) is 1.79. The van der Waals surface area contributed by atoms with Gasteiger partial charge in [0, 0.05) is 33.9 Å². The van der Waals surface area contributed by atoms with Crippen molar-refractivity contribution in [2.75, 3.05) is 0 Å². The van der Waals surface area contributed by atoms with Crippen molar-refractivity contribution in [3.8, 4) is 56.7 Å². The van der Waals surface area contributed by atoms with Gasteiger partial charge in [0.05, 0.1) is 17.1 Å². The molecule has 1 aliphatic heterocycles. The van der Waals surface area contributed by atoms with E-state index < -0.39 is 0 Å². The quantitative estimate of drug-likeness (QED) is 0.234. The van der Waals surface area contributed by atoms with E-state index in [9.17, 15) is 0 Å². The lowest BCUT2D eigenvalue weighted by molar-refractivity contribution is 0.418. The zero-order valence-corrected chi connectivity index (χ0v) is 22.4. The number of hydrogen-bond acceptors (Lipinski definition) is 4. The van der Waals surface area contributed by atoms with Crippen molar-refractivity contribution in [2.24, 2.45) is 0 Å². The van der Waals surface area contributed by atoms with Gasteiger partial charge in [0.1, 0.15) is 11.5 Å². The minimum atomic E-state index is -0.159. The molecule has 0 saturated heterocycles. The maximum absolute atomic E-state index is 6.25. The highest BCUT2D eigenvalue weighted by Gasteiger charge is 2.34. The molecule has 0 aliphatic carbocycles. The van der Waals surface area contributed by atoms with Crippen LogP contribution in [0, 0.1) is 0 Å². The van der Waals surface area contributed by atoms with Crippen molar-refractivity contribution in [3.63, 3.8) is 0 Å². The number of benzene rings is 4. The third-order valence-corrected chi connectivity index (χ3v) is 7.63. The molecule has 7 rings (SSSR count). The lowest BCUT2D eigenvalue weighted by Crippen LogP contribution is -2.24. The summed E-state index contributed by atoms with van der Waals surface area (Å²) in [7, 11) is 0. The van der Waals surface area contributed by atoms with Crippen LogP contribution in [0.15, 0.2) is 128 Å². The molecule has 0 bridgehead atoms. The van der Waals surface area contributed by atoms with Crippen LogP contribution in [0.2, 0.25) is 0 Å². The summed E-state index contributed by atoms with van der Waals surface area (Å²) in [6.45, 7) is 4.52. The van der Waals surface area contributed by atoms with Gasteiger partial charge in [-0.25, -0.2) is 9.97 Å². The van der Waals surface area contributed by atoms with E-state index >= 15 is 0 Å². The largest absolute Gasteiger partial charge is 0.457 e. The maximum atomic E-state index is 6.25. The van der Waals surface area contributed by atoms with Crippen LogP contribution in [0.1, 0.15) is 25.0 Å². The van der Waals surface area contributed by atoms with Gasteiger partial charge in [0.25, 0.3) is 0 Å². The molecular formula is C36H27N3O. The molecule has 0 spiro atoms. The Hall–Kier alpha value is -5.09. The smallest absolute Gasteiger partial charge is 0.160 e. The summed E-state index contributed by atoms with van der Waals surface area (Å²) in [5.41, 5.74) is 8.99. The van der Waals surface area contributed by atoms with Crippen molar-refractivity contribution in [2.45, 2.75) is 19.3 Å². The van der Waals surface area contributed by atoms with Gasteiger partial charge in [0.2, 0.25) is 0 Å². The van der Waals surface area contributed by atoms with Crippen LogP contribution in [-0.4, -0.2) is 15.0 Å². The highest BCUT2D eigenvalue weighted by Crippen LogP contribution is 2.48. The fourth-order valence-electron chi connectivity index (χ4n) is 5.41. The molecule has 0 amide bonds. The van der Waals surface area contributed by atoms with Gasteiger partial charge in [0.15, 0.2) is 5.82 Å². The first-order chi connectivity index (χ1) is 19.6. The van der Waals surface area contributed by atoms with Gasteiger partial charge in [-0.3, -0.25) is 4.98 Å². The van der Waals surface area contributed by atoms with Crippen LogP contribution in [0.4, 0.5) is 0 Å². The Morgan fingerprint density at radius 1 is 0.500 bits per heavy atom. The molecule has 0 unspecified atom stereocenters. The number of rotatable bonds is 4. The van der Waals surface area contributed by atoms with Gasteiger partial charge < -0.3 is 4.74 Å². The Morgan fingerprint density at radius 3 is 1.98 bits per heavy atom. The van der Waals surface area contributed by atoms with Crippen LogP contribution < -0.4 is 4.74 Å². The van der Waals surface area contributed by atoms with Crippen LogP contribution >= 0.6 is 0 Å². The number of pyridine rings is 1. The van der Waals surface area contributed by atoms with Crippen molar-refractivity contribution >= 4 is 0 Å². The Balaban J connectivity index is 1.26. The zero-order valence-electron chi connectivity index (χ0n) is 22.4. The SMILES string of the molecule is CC1(C)c2ccccc2Oc2ccc(-c3ccc(-c4nc(-c5ccccc5)cc(-c5ccccn5)n4)cc3)cc21. The molecule has 40 heavy (non-hydrogen) atoms. The van der Waals surface area contributed by atoms with E-state index in [4.69, 9.17) is 14.7 Å². The number of ether oxygens (including phenoxy) is 1. The lowest BCUT2D eigenvalue weighted by atomic mass is 9.75. The molecule has 192 valence electrons. The van der Waals surface area contributed by atoms with Gasteiger partial charge in [-0.1, -0.05) is 98.8 Å². The Labute approximate surface area is 234 Å². The summed E-state index contributed by atoms with van der Waals surface area (Å²) in [4.78, 5) is 14.4. The first kappa shape index (κ1) is 24.0. The summed E-state index contributed by atoms with van der Waals surface area (Å²) < 4.78 is 6.25. The fourth-order valence-corrected chi connectivity index (χ4v) is 5.41. The van der Waals surface area contributed by atoms with E-state index in [0.717, 1.165) is 50.8 Å². The van der Waals surface area contributed by atoms with Crippen LogP contribution in [0.5, 0.6) is 11.5 Å². The minimum Gasteiger partial charge on any atom is -0.457 e.